The van der Waals surface area contributed by atoms with Crippen molar-refractivity contribution in [3.63, 3.8) is 0 Å². The third-order valence-electron chi connectivity index (χ3n) is 4.70. The van der Waals surface area contributed by atoms with Crippen LogP contribution in [0.15, 0.2) is 17.2 Å². The van der Waals surface area contributed by atoms with Crippen LogP contribution in [-0.4, -0.2) is 42.4 Å². The van der Waals surface area contributed by atoms with Gasteiger partial charge < -0.3 is 14.2 Å². The summed E-state index contributed by atoms with van der Waals surface area (Å²) in [6.45, 7) is 0. The molecule has 26 heavy (non-hydrogen) atoms. The van der Waals surface area contributed by atoms with Crippen LogP contribution in [-0.2, 0) is 0 Å². The van der Waals surface area contributed by atoms with Crippen molar-refractivity contribution in [1.29, 1.82) is 0 Å². The minimum atomic E-state index is 0.383. The number of H-pyrrole nitrogens is 1. The Bertz CT molecular complexity index is 812. The largest absolute Gasteiger partial charge is 0.496 e. The standard InChI is InChI=1S/C18H24N4O3S/c1-23-13-9-15(24-2)14(16(10-13)25-3)11-19-22-17(20-21-18(22)26)12-7-5-4-6-8-12/h9-12H,4-8H2,1-3H3,(H,21,26). The summed E-state index contributed by atoms with van der Waals surface area (Å²) in [6.07, 6.45) is 7.64. The van der Waals surface area contributed by atoms with Crippen molar-refractivity contribution in [3.8, 4) is 17.2 Å². The van der Waals surface area contributed by atoms with Crippen molar-refractivity contribution in [2.45, 2.75) is 38.0 Å². The van der Waals surface area contributed by atoms with Gasteiger partial charge in [0.1, 0.15) is 17.2 Å². The van der Waals surface area contributed by atoms with Gasteiger partial charge in [0.25, 0.3) is 0 Å². The quantitative estimate of drug-likeness (QED) is 0.611. The fourth-order valence-corrected chi connectivity index (χ4v) is 3.50. The Balaban J connectivity index is 1.98. The van der Waals surface area contributed by atoms with Gasteiger partial charge in [0.2, 0.25) is 4.77 Å². The molecule has 3 rings (SSSR count). The normalized spacial score (nSPS) is 15.3. The zero-order valence-electron chi connectivity index (χ0n) is 15.3. The van der Waals surface area contributed by atoms with Gasteiger partial charge in [0, 0.05) is 18.1 Å². The molecular formula is C18H24N4O3S. The summed E-state index contributed by atoms with van der Waals surface area (Å²) >= 11 is 5.37. The van der Waals surface area contributed by atoms with E-state index in [4.69, 9.17) is 26.4 Å². The molecule has 1 aromatic heterocycles. The molecule has 0 spiro atoms. The second-order valence-electron chi connectivity index (χ2n) is 6.22. The molecule has 2 aromatic rings. The first kappa shape index (κ1) is 18.4. The fourth-order valence-electron chi connectivity index (χ4n) is 3.32. The summed E-state index contributed by atoms with van der Waals surface area (Å²) in [7, 11) is 4.80. The second kappa shape index (κ2) is 8.35. The molecule has 7 nitrogen and oxygen atoms in total. The van der Waals surface area contributed by atoms with Gasteiger partial charge >= 0.3 is 0 Å². The van der Waals surface area contributed by atoms with E-state index < -0.39 is 0 Å². The van der Waals surface area contributed by atoms with Crippen molar-refractivity contribution in [1.82, 2.24) is 14.9 Å². The highest BCUT2D eigenvalue weighted by Gasteiger charge is 2.21. The van der Waals surface area contributed by atoms with E-state index in [1.165, 1.54) is 19.3 Å². The molecule has 0 amide bonds. The Morgan fingerprint density at radius 1 is 1.12 bits per heavy atom. The zero-order chi connectivity index (χ0) is 18.5. The van der Waals surface area contributed by atoms with E-state index in [1.54, 1.807) is 44.4 Å². The van der Waals surface area contributed by atoms with Crippen molar-refractivity contribution in [2.75, 3.05) is 21.3 Å². The Morgan fingerprint density at radius 2 is 1.77 bits per heavy atom. The molecule has 140 valence electrons. The number of aromatic amines is 1. The average molecular weight is 376 g/mol. The van der Waals surface area contributed by atoms with Crippen LogP contribution < -0.4 is 14.2 Å². The SMILES string of the molecule is COc1cc(OC)c(C=Nn2c(C3CCCCC3)n[nH]c2=S)c(OC)c1. The van der Waals surface area contributed by atoms with Gasteiger partial charge in [0.15, 0.2) is 5.82 Å². The lowest BCUT2D eigenvalue weighted by molar-refractivity contribution is 0.374. The summed E-state index contributed by atoms with van der Waals surface area (Å²) in [4.78, 5) is 0. The highest BCUT2D eigenvalue weighted by Crippen LogP contribution is 2.34. The zero-order valence-corrected chi connectivity index (χ0v) is 16.1. The summed E-state index contributed by atoms with van der Waals surface area (Å²) in [5.41, 5.74) is 0.716. The van der Waals surface area contributed by atoms with E-state index in [-0.39, 0.29) is 0 Å². The monoisotopic (exact) mass is 376 g/mol. The maximum absolute atomic E-state index is 5.47. The van der Waals surface area contributed by atoms with E-state index in [2.05, 4.69) is 15.3 Å². The van der Waals surface area contributed by atoms with Crippen LogP contribution in [0.3, 0.4) is 0 Å². The molecule has 0 aliphatic heterocycles. The number of aromatic nitrogens is 3. The Kier molecular flexibility index (Phi) is 5.92. The van der Waals surface area contributed by atoms with Gasteiger partial charge in [0.05, 0.1) is 33.1 Å². The lowest BCUT2D eigenvalue weighted by Gasteiger charge is -2.20. The molecule has 1 aliphatic rings. The molecule has 1 aliphatic carbocycles. The van der Waals surface area contributed by atoms with Gasteiger partial charge in [-0.3, -0.25) is 5.10 Å². The van der Waals surface area contributed by atoms with Crippen molar-refractivity contribution in [3.05, 3.63) is 28.3 Å². The maximum Gasteiger partial charge on any atom is 0.216 e. The molecule has 0 unspecified atom stereocenters. The van der Waals surface area contributed by atoms with Crippen molar-refractivity contribution < 1.29 is 14.2 Å². The third-order valence-corrected chi connectivity index (χ3v) is 4.97. The lowest BCUT2D eigenvalue weighted by Crippen LogP contribution is -2.10. The molecular weight excluding hydrogens is 352 g/mol. The highest BCUT2D eigenvalue weighted by atomic mass is 32.1. The van der Waals surface area contributed by atoms with Crippen LogP contribution in [0.2, 0.25) is 0 Å². The minimum absolute atomic E-state index is 0.383. The number of hydrogen-bond acceptors (Lipinski definition) is 6. The first-order chi connectivity index (χ1) is 12.7. The molecule has 0 saturated heterocycles. The van der Waals surface area contributed by atoms with Gasteiger partial charge in [-0.05, 0) is 25.1 Å². The first-order valence-corrected chi connectivity index (χ1v) is 9.10. The van der Waals surface area contributed by atoms with Crippen LogP contribution >= 0.6 is 12.2 Å². The first-order valence-electron chi connectivity index (χ1n) is 8.69. The average Bonchev–Trinajstić information content (AvgIpc) is 3.06. The summed E-state index contributed by atoms with van der Waals surface area (Å²) in [5, 5.41) is 11.9. The van der Waals surface area contributed by atoms with E-state index >= 15 is 0 Å². The smallest absolute Gasteiger partial charge is 0.216 e. The highest BCUT2D eigenvalue weighted by molar-refractivity contribution is 7.71. The maximum atomic E-state index is 5.47. The van der Waals surface area contributed by atoms with Crippen LogP contribution in [0, 0.1) is 4.77 Å². The number of nitrogens with one attached hydrogen (secondary N) is 1. The van der Waals surface area contributed by atoms with Crippen molar-refractivity contribution >= 4 is 18.4 Å². The molecule has 1 saturated carbocycles. The summed E-state index contributed by atoms with van der Waals surface area (Å²) < 4.78 is 18.4. The van der Waals surface area contributed by atoms with E-state index in [1.807, 2.05) is 0 Å². The van der Waals surface area contributed by atoms with Crippen LogP contribution in [0.1, 0.15) is 49.4 Å². The topological polar surface area (TPSA) is 73.7 Å². The van der Waals surface area contributed by atoms with Gasteiger partial charge in [-0.2, -0.15) is 14.9 Å². The molecule has 1 N–H and O–H groups in total. The molecule has 0 bridgehead atoms. The molecule has 8 heteroatoms. The number of rotatable bonds is 6. The van der Waals surface area contributed by atoms with Gasteiger partial charge in [-0.25, -0.2) is 0 Å². The predicted octanol–water partition coefficient (Wildman–Crippen LogP) is 3.90. The van der Waals surface area contributed by atoms with E-state index in [0.717, 1.165) is 18.7 Å². The van der Waals surface area contributed by atoms with Crippen LogP contribution in [0.5, 0.6) is 17.2 Å². The third kappa shape index (κ3) is 3.75. The Hall–Kier alpha value is -2.35. The number of methoxy groups -OCH3 is 3. The molecule has 1 fully saturated rings. The Morgan fingerprint density at radius 3 is 2.35 bits per heavy atom. The van der Waals surface area contributed by atoms with Crippen LogP contribution in [0.25, 0.3) is 0 Å². The van der Waals surface area contributed by atoms with E-state index in [9.17, 15) is 0 Å². The summed E-state index contributed by atoms with van der Waals surface area (Å²) in [5.74, 6) is 3.14. The molecule has 1 heterocycles. The summed E-state index contributed by atoms with van der Waals surface area (Å²) in [6, 6.07) is 3.58. The number of benzene rings is 1. The van der Waals surface area contributed by atoms with Gasteiger partial charge in [-0.1, -0.05) is 19.3 Å². The second-order valence-corrected chi connectivity index (χ2v) is 6.61. The lowest BCUT2D eigenvalue weighted by atomic mass is 9.89. The molecule has 1 aromatic carbocycles. The number of ether oxygens (including phenoxy) is 3. The molecule has 0 atom stereocenters. The van der Waals surface area contributed by atoms with Gasteiger partial charge in [-0.15, -0.1) is 0 Å². The van der Waals surface area contributed by atoms with Crippen LogP contribution in [0.4, 0.5) is 0 Å². The minimum Gasteiger partial charge on any atom is -0.496 e. The Labute approximate surface area is 158 Å². The fraction of sp³-hybridized carbons (Fsp3) is 0.500. The predicted molar refractivity (Wildman–Crippen MR) is 102 cm³/mol. The number of hydrogen-bond donors (Lipinski definition) is 1. The molecule has 0 radical (unpaired) electrons. The van der Waals surface area contributed by atoms with E-state index in [0.29, 0.717) is 33.5 Å². The van der Waals surface area contributed by atoms with Crippen molar-refractivity contribution in [2.24, 2.45) is 5.10 Å². The number of nitrogens with zero attached hydrogens (tertiary/aromatic N) is 3.